The van der Waals surface area contributed by atoms with E-state index < -0.39 is 5.97 Å². The second kappa shape index (κ2) is 8.65. The lowest BCUT2D eigenvalue weighted by Gasteiger charge is -2.36. The summed E-state index contributed by atoms with van der Waals surface area (Å²) in [6.07, 6.45) is 0. The molecule has 2 aromatic rings. The van der Waals surface area contributed by atoms with E-state index in [9.17, 15) is 14.7 Å². The topological polar surface area (TPSA) is 79.3 Å². The molecule has 0 aliphatic carbocycles. The number of hydrogen-bond donors (Lipinski definition) is 1. The number of piperazine rings is 1. The van der Waals surface area contributed by atoms with Gasteiger partial charge in [0, 0.05) is 31.9 Å². The second-order valence-corrected chi connectivity index (χ2v) is 6.61. The summed E-state index contributed by atoms with van der Waals surface area (Å²) >= 11 is 0. The van der Waals surface area contributed by atoms with Crippen molar-refractivity contribution in [2.75, 3.05) is 44.8 Å². The number of aryl methyl sites for hydroxylation is 1. The Morgan fingerprint density at radius 1 is 1.04 bits per heavy atom. The zero-order valence-electron chi connectivity index (χ0n) is 16.1. The van der Waals surface area contributed by atoms with Gasteiger partial charge in [0.15, 0.2) is 6.61 Å². The van der Waals surface area contributed by atoms with Crippen molar-refractivity contribution in [3.8, 4) is 11.5 Å². The second-order valence-electron chi connectivity index (χ2n) is 6.61. The van der Waals surface area contributed by atoms with Crippen LogP contribution in [-0.2, 0) is 9.53 Å². The molecule has 0 bridgehead atoms. The quantitative estimate of drug-likeness (QED) is 0.797. The van der Waals surface area contributed by atoms with Crippen molar-refractivity contribution in [1.29, 1.82) is 0 Å². The van der Waals surface area contributed by atoms with Crippen molar-refractivity contribution < 1.29 is 24.2 Å². The molecule has 0 atom stereocenters. The van der Waals surface area contributed by atoms with Crippen molar-refractivity contribution >= 4 is 17.6 Å². The van der Waals surface area contributed by atoms with Crippen LogP contribution in [0.2, 0.25) is 0 Å². The highest BCUT2D eigenvalue weighted by molar-refractivity contribution is 5.94. The fourth-order valence-electron chi connectivity index (χ4n) is 3.13. The van der Waals surface area contributed by atoms with Gasteiger partial charge in [-0.3, -0.25) is 4.79 Å². The molecule has 0 aromatic heterocycles. The summed E-state index contributed by atoms with van der Waals surface area (Å²) in [6, 6.07) is 12.6. The van der Waals surface area contributed by atoms with E-state index in [1.807, 2.05) is 24.3 Å². The van der Waals surface area contributed by atoms with Crippen LogP contribution in [0, 0.1) is 6.92 Å². The summed E-state index contributed by atoms with van der Waals surface area (Å²) in [7, 11) is 1.63. The highest BCUT2D eigenvalue weighted by Gasteiger charge is 2.23. The van der Waals surface area contributed by atoms with Gasteiger partial charge in [-0.15, -0.1) is 0 Å². The predicted molar refractivity (Wildman–Crippen MR) is 105 cm³/mol. The normalized spacial score (nSPS) is 13.9. The third-order valence-electron chi connectivity index (χ3n) is 4.85. The van der Waals surface area contributed by atoms with Crippen LogP contribution >= 0.6 is 0 Å². The summed E-state index contributed by atoms with van der Waals surface area (Å²) in [4.78, 5) is 28.4. The number of phenolic OH excluding ortho intramolecular Hbond substituents is 1. The molecule has 1 aliphatic rings. The largest absolute Gasteiger partial charge is 0.507 e. The van der Waals surface area contributed by atoms with Gasteiger partial charge in [0.1, 0.15) is 17.1 Å². The van der Waals surface area contributed by atoms with Gasteiger partial charge in [0.05, 0.1) is 7.11 Å². The molecule has 1 fully saturated rings. The van der Waals surface area contributed by atoms with E-state index in [4.69, 9.17) is 9.47 Å². The lowest BCUT2D eigenvalue weighted by atomic mass is 10.1. The van der Waals surface area contributed by atoms with Gasteiger partial charge in [-0.1, -0.05) is 12.1 Å². The van der Waals surface area contributed by atoms with Crippen LogP contribution in [0.3, 0.4) is 0 Å². The number of carbonyl (C=O) groups excluding carboxylic acids is 2. The number of esters is 1. The van der Waals surface area contributed by atoms with Crippen LogP contribution in [-0.4, -0.2) is 61.8 Å². The molecule has 1 aliphatic heterocycles. The van der Waals surface area contributed by atoms with Crippen LogP contribution < -0.4 is 9.64 Å². The smallest absolute Gasteiger partial charge is 0.342 e. The number of rotatable bonds is 5. The molecule has 3 rings (SSSR count). The Morgan fingerprint density at radius 2 is 1.71 bits per heavy atom. The van der Waals surface area contributed by atoms with E-state index in [-0.39, 0.29) is 23.8 Å². The van der Waals surface area contributed by atoms with E-state index in [1.165, 1.54) is 6.07 Å². The molecule has 7 heteroatoms. The van der Waals surface area contributed by atoms with Gasteiger partial charge >= 0.3 is 5.97 Å². The number of aromatic hydroxyl groups is 1. The highest BCUT2D eigenvalue weighted by Crippen LogP contribution is 2.22. The Kier molecular flexibility index (Phi) is 6.03. The Labute approximate surface area is 164 Å². The summed E-state index contributed by atoms with van der Waals surface area (Å²) < 4.78 is 10.3. The van der Waals surface area contributed by atoms with Gasteiger partial charge in [0.25, 0.3) is 5.91 Å². The van der Waals surface area contributed by atoms with Gasteiger partial charge in [-0.2, -0.15) is 0 Å². The lowest BCUT2D eigenvalue weighted by Crippen LogP contribution is -2.49. The minimum atomic E-state index is -0.702. The third-order valence-corrected chi connectivity index (χ3v) is 4.85. The fraction of sp³-hybridized carbons (Fsp3) is 0.333. The molecule has 2 aromatic carbocycles. The monoisotopic (exact) mass is 384 g/mol. The van der Waals surface area contributed by atoms with E-state index in [2.05, 4.69) is 4.90 Å². The maximum absolute atomic E-state index is 12.4. The molecular formula is C21H24N2O5. The molecule has 1 amide bonds. The minimum absolute atomic E-state index is 0.0668. The van der Waals surface area contributed by atoms with E-state index in [0.717, 1.165) is 11.4 Å². The number of para-hydroxylation sites is 1. The first-order chi connectivity index (χ1) is 13.5. The molecule has 28 heavy (non-hydrogen) atoms. The first kappa shape index (κ1) is 19.5. The molecular weight excluding hydrogens is 360 g/mol. The maximum atomic E-state index is 12.4. The predicted octanol–water partition coefficient (Wildman–Crippen LogP) is 2.21. The molecule has 0 saturated carbocycles. The highest BCUT2D eigenvalue weighted by atomic mass is 16.5. The number of phenols is 1. The summed E-state index contributed by atoms with van der Waals surface area (Å²) in [5, 5.41) is 9.94. The molecule has 0 spiro atoms. The SMILES string of the molecule is COc1ccc(N2CCN(C(=O)COC(=O)c3cccc(C)c3O)CC2)cc1. The average Bonchev–Trinajstić information content (AvgIpc) is 2.74. The number of carbonyl (C=O) groups is 2. The zero-order chi connectivity index (χ0) is 20.1. The van der Waals surface area contributed by atoms with Crippen molar-refractivity contribution in [3.63, 3.8) is 0 Å². The van der Waals surface area contributed by atoms with Crippen LogP contribution in [0.1, 0.15) is 15.9 Å². The molecule has 148 valence electrons. The molecule has 1 heterocycles. The van der Waals surface area contributed by atoms with E-state index >= 15 is 0 Å². The van der Waals surface area contributed by atoms with Crippen LogP contribution in [0.25, 0.3) is 0 Å². The third kappa shape index (κ3) is 4.36. The van der Waals surface area contributed by atoms with Crippen molar-refractivity contribution in [2.24, 2.45) is 0 Å². The maximum Gasteiger partial charge on any atom is 0.342 e. The van der Waals surface area contributed by atoms with Gasteiger partial charge in [0.2, 0.25) is 0 Å². The minimum Gasteiger partial charge on any atom is -0.507 e. The molecule has 1 N–H and O–H groups in total. The average molecular weight is 384 g/mol. The standard InChI is InChI=1S/C21H24N2O5/c1-15-4-3-5-18(20(15)25)21(26)28-14-19(24)23-12-10-22(11-13-23)16-6-8-17(27-2)9-7-16/h3-9,25H,10-14H2,1-2H3. The number of hydrogen-bond acceptors (Lipinski definition) is 6. The Balaban J connectivity index is 1.49. The van der Waals surface area contributed by atoms with Crippen molar-refractivity contribution in [2.45, 2.75) is 6.92 Å². The fourth-order valence-corrected chi connectivity index (χ4v) is 3.13. The molecule has 0 radical (unpaired) electrons. The summed E-state index contributed by atoms with van der Waals surface area (Å²) in [5.41, 5.74) is 1.72. The number of methoxy groups -OCH3 is 1. The Morgan fingerprint density at radius 3 is 2.36 bits per heavy atom. The van der Waals surface area contributed by atoms with Crippen LogP contribution in [0.4, 0.5) is 5.69 Å². The number of anilines is 1. The number of nitrogens with zero attached hydrogens (tertiary/aromatic N) is 2. The Bertz CT molecular complexity index is 842. The Hall–Kier alpha value is -3.22. The van der Waals surface area contributed by atoms with Gasteiger partial charge in [-0.05, 0) is 42.8 Å². The molecule has 0 unspecified atom stereocenters. The lowest BCUT2D eigenvalue weighted by molar-refractivity contribution is -0.134. The van der Waals surface area contributed by atoms with Crippen molar-refractivity contribution in [3.05, 3.63) is 53.6 Å². The van der Waals surface area contributed by atoms with E-state index in [1.54, 1.807) is 31.1 Å². The van der Waals surface area contributed by atoms with E-state index in [0.29, 0.717) is 31.7 Å². The number of benzene rings is 2. The summed E-state index contributed by atoms with van der Waals surface area (Å²) in [5.74, 6) is -0.256. The molecule has 1 saturated heterocycles. The first-order valence-electron chi connectivity index (χ1n) is 9.12. The van der Waals surface area contributed by atoms with Crippen LogP contribution in [0.15, 0.2) is 42.5 Å². The van der Waals surface area contributed by atoms with Gasteiger partial charge in [-0.25, -0.2) is 4.79 Å². The zero-order valence-corrected chi connectivity index (χ0v) is 16.1. The summed E-state index contributed by atoms with van der Waals surface area (Å²) in [6.45, 7) is 3.86. The van der Waals surface area contributed by atoms with Crippen LogP contribution in [0.5, 0.6) is 11.5 Å². The number of amides is 1. The first-order valence-corrected chi connectivity index (χ1v) is 9.12. The molecule has 7 nitrogen and oxygen atoms in total. The number of ether oxygens (including phenoxy) is 2. The van der Waals surface area contributed by atoms with Gasteiger partial charge < -0.3 is 24.4 Å². The van der Waals surface area contributed by atoms with Crippen molar-refractivity contribution in [1.82, 2.24) is 4.90 Å².